The highest BCUT2D eigenvalue weighted by atomic mass is 19.3. The third-order valence-corrected chi connectivity index (χ3v) is 3.43. The van der Waals surface area contributed by atoms with Gasteiger partial charge in [-0.2, -0.15) is 10.1 Å². The fraction of sp³-hybridized carbons (Fsp3) is 0.188. The first-order chi connectivity index (χ1) is 11.5. The van der Waals surface area contributed by atoms with Crippen molar-refractivity contribution in [1.82, 2.24) is 14.8 Å². The van der Waals surface area contributed by atoms with Crippen LogP contribution in [0.15, 0.2) is 36.4 Å². The topological polar surface area (TPSA) is 77.2 Å². The summed E-state index contributed by atoms with van der Waals surface area (Å²) in [7, 11) is 1.58. The zero-order valence-electron chi connectivity index (χ0n) is 12.6. The third kappa shape index (κ3) is 2.90. The molecule has 0 amide bonds. The molecule has 24 heavy (non-hydrogen) atoms. The Labute approximate surface area is 135 Å². The van der Waals surface area contributed by atoms with E-state index in [2.05, 4.69) is 10.1 Å². The predicted octanol–water partition coefficient (Wildman–Crippen LogP) is 3.04. The Bertz CT molecular complexity index is 894. The van der Waals surface area contributed by atoms with Gasteiger partial charge in [0.2, 0.25) is 5.88 Å². The number of aliphatic carboxylic acids is 1. The van der Waals surface area contributed by atoms with Crippen LogP contribution in [0.25, 0.3) is 22.3 Å². The summed E-state index contributed by atoms with van der Waals surface area (Å²) in [6.45, 7) is -0.662. The fourth-order valence-corrected chi connectivity index (χ4v) is 2.43. The van der Waals surface area contributed by atoms with Crippen molar-refractivity contribution in [3.05, 3.63) is 42.0 Å². The van der Waals surface area contributed by atoms with Gasteiger partial charge in [-0.15, -0.1) is 0 Å². The van der Waals surface area contributed by atoms with Crippen LogP contribution in [0.1, 0.15) is 12.0 Å². The van der Waals surface area contributed by atoms with Crippen molar-refractivity contribution in [2.24, 2.45) is 7.05 Å². The molecular formula is C16H13F2N3O3. The van der Waals surface area contributed by atoms with Crippen molar-refractivity contribution >= 4 is 17.0 Å². The van der Waals surface area contributed by atoms with E-state index in [-0.39, 0.29) is 22.5 Å². The lowest BCUT2D eigenvalue weighted by Crippen LogP contribution is -2.11. The molecule has 0 saturated heterocycles. The first-order valence-corrected chi connectivity index (χ1v) is 7.03. The van der Waals surface area contributed by atoms with Gasteiger partial charge in [0, 0.05) is 24.2 Å². The molecule has 0 fully saturated rings. The molecule has 0 unspecified atom stereocenters. The molecule has 3 aromatic rings. The Hall–Kier alpha value is -3.03. The third-order valence-electron chi connectivity index (χ3n) is 3.43. The van der Waals surface area contributed by atoms with Crippen LogP contribution < -0.4 is 4.74 Å². The molecule has 1 aromatic carbocycles. The maximum absolute atomic E-state index is 13.5. The minimum Gasteiger partial charge on any atom is -0.479 e. The van der Waals surface area contributed by atoms with E-state index in [1.165, 1.54) is 4.68 Å². The molecule has 8 heteroatoms. The lowest BCUT2D eigenvalue weighted by molar-refractivity contribution is -0.139. The standard InChI is InChI=1S/C16H13F2N3O3/c1-21-16-13(14(20-21)9-5-3-2-4-6-9)10(15(17)18)7-11(19-16)24-8-12(22)23/h2-7,15H,8H2,1H3,(H,22,23). The SMILES string of the molecule is Cn1nc(-c2ccccc2)c2c(C(F)F)cc(OCC(=O)O)nc21. The Balaban J connectivity index is 2.21. The number of pyridine rings is 1. The van der Waals surface area contributed by atoms with Crippen molar-refractivity contribution < 1.29 is 23.4 Å². The number of carbonyl (C=O) groups is 1. The van der Waals surface area contributed by atoms with Gasteiger partial charge in [-0.05, 0) is 0 Å². The highest BCUT2D eigenvalue weighted by molar-refractivity contribution is 5.94. The van der Waals surface area contributed by atoms with Crippen LogP contribution in [0.4, 0.5) is 8.78 Å². The average Bonchev–Trinajstić information content (AvgIpc) is 2.90. The first-order valence-electron chi connectivity index (χ1n) is 7.03. The maximum Gasteiger partial charge on any atom is 0.341 e. The number of benzene rings is 1. The van der Waals surface area contributed by atoms with Gasteiger partial charge in [0.15, 0.2) is 12.3 Å². The Morgan fingerprint density at radius 2 is 2.04 bits per heavy atom. The Morgan fingerprint density at radius 3 is 2.67 bits per heavy atom. The number of hydrogen-bond acceptors (Lipinski definition) is 4. The van der Waals surface area contributed by atoms with Crippen LogP contribution in [0.3, 0.4) is 0 Å². The van der Waals surface area contributed by atoms with Gasteiger partial charge >= 0.3 is 5.97 Å². The van der Waals surface area contributed by atoms with Crippen LogP contribution in [0.5, 0.6) is 5.88 Å². The minimum absolute atomic E-state index is 0.178. The summed E-state index contributed by atoms with van der Waals surface area (Å²) in [6, 6.07) is 9.99. The number of hydrogen-bond donors (Lipinski definition) is 1. The van der Waals surface area contributed by atoms with Gasteiger partial charge in [0.05, 0.1) is 5.39 Å². The van der Waals surface area contributed by atoms with Crippen LogP contribution in [-0.4, -0.2) is 32.4 Å². The van der Waals surface area contributed by atoms with Crippen molar-refractivity contribution in [2.75, 3.05) is 6.61 Å². The summed E-state index contributed by atoms with van der Waals surface area (Å²) in [5.74, 6) is -1.40. The van der Waals surface area contributed by atoms with Gasteiger partial charge in [-0.25, -0.2) is 18.3 Å². The number of aryl methyl sites for hydroxylation is 1. The van der Waals surface area contributed by atoms with Gasteiger partial charge in [0.25, 0.3) is 6.43 Å². The smallest absolute Gasteiger partial charge is 0.341 e. The fourth-order valence-electron chi connectivity index (χ4n) is 2.43. The number of carboxylic acids is 1. The molecule has 124 valence electrons. The Morgan fingerprint density at radius 1 is 1.33 bits per heavy atom. The van der Waals surface area contributed by atoms with Gasteiger partial charge in [-0.3, -0.25) is 0 Å². The number of alkyl halides is 2. The van der Waals surface area contributed by atoms with E-state index in [1.54, 1.807) is 31.3 Å². The molecule has 0 aliphatic rings. The van der Waals surface area contributed by atoms with Crippen LogP contribution in [0.2, 0.25) is 0 Å². The molecule has 2 heterocycles. The largest absolute Gasteiger partial charge is 0.479 e. The molecule has 0 aliphatic carbocycles. The average molecular weight is 333 g/mol. The summed E-state index contributed by atoms with van der Waals surface area (Å²) in [4.78, 5) is 14.7. The molecule has 3 rings (SSSR count). The number of rotatable bonds is 5. The van der Waals surface area contributed by atoms with Crippen molar-refractivity contribution in [3.63, 3.8) is 0 Å². The van der Waals surface area contributed by atoms with E-state index in [0.29, 0.717) is 11.3 Å². The molecule has 1 N–H and O–H groups in total. The maximum atomic E-state index is 13.5. The van der Waals surface area contributed by atoms with Crippen molar-refractivity contribution in [1.29, 1.82) is 0 Å². The monoisotopic (exact) mass is 333 g/mol. The number of carboxylic acid groups (broad SMARTS) is 1. The quantitative estimate of drug-likeness (QED) is 0.776. The number of aromatic nitrogens is 3. The number of halogens is 2. The van der Waals surface area contributed by atoms with E-state index < -0.39 is 19.0 Å². The zero-order valence-corrected chi connectivity index (χ0v) is 12.6. The summed E-state index contributed by atoms with van der Waals surface area (Å²) in [6.07, 6.45) is -2.78. The summed E-state index contributed by atoms with van der Waals surface area (Å²) >= 11 is 0. The Kier molecular flexibility index (Phi) is 4.11. The van der Waals surface area contributed by atoms with E-state index in [1.807, 2.05) is 6.07 Å². The van der Waals surface area contributed by atoms with E-state index >= 15 is 0 Å². The van der Waals surface area contributed by atoms with Crippen LogP contribution in [-0.2, 0) is 11.8 Å². The normalized spacial score (nSPS) is 11.2. The van der Waals surface area contributed by atoms with E-state index in [4.69, 9.17) is 9.84 Å². The lowest BCUT2D eigenvalue weighted by atomic mass is 10.1. The summed E-state index contributed by atoms with van der Waals surface area (Å²) in [5, 5.41) is 13.2. The summed E-state index contributed by atoms with van der Waals surface area (Å²) < 4.78 is 33.4. The lowest BCUT2D eigenvalue weighted by Gasteiger charge is -2.08. The predicted molar refractivity (Wildman–Crippen MR) is 82.0 cm³/mol. The highest BCUT2D eigenvalue weighted by Crippen LogP contribution is 2.36. The van der Waals surface area contributed by atoms with Crippen molar-refractivity contribution in [3.8, 4) is 17.1 Å². The minimum atomic E-state index is -2.78. The first kappa shape index (κ1) is 15.9. The van der Waals surface area contributed by atoms with Gasteiger partial charge in [-0.1, -0.05) is 30.3 Å². The molecule has 2 aromatic heterocycles. The second kappa shape index (κ2) is 6.23. The van der Waals surface area contributed by atoms with E-state index in [0.717, 1.165) is 6.07 Å². The van der Waals surface area contributed by atoms with Gasteiger partial charge in [0.1, 0.15) is 5.69 Å². The molecule has 0 aliphatic heterocycles. The van der Waals surface area contributed by atoms with Crippen LogP contribution >= 0.6 is 0 Å². The second-order valence-electron chi connectivity index (χ2n) is 5.07. The van der Waals surface area contributed by atoms with E-state index in [9.17, 15) is 13.6 Å². The molecular weight excluding hydrogens is 320 g/mol. The molecule has 0 atom stereocenters. The van der Waals surface area contributed by atoms with Gasteiger partial charge < -0.3 is 9.84 Å². The molecule has 0 radical (unpaired) electrons. The molecule has 6 nitrogen and oxygen atoms in total. The van der Waals surface area contributed by atoms with Crippen LogP contribution in [0, 0.1) is 0 Å². The highest BCUT2D eigenvalue weighted by Gasteiger charge is 2.22. The summed E-state index contributed by atoms with van der Waals surface area (Å²) in [5.41, 5.74) is 0.978. The number of ether oxygens (including phenoxy) is 1. The zero-order chi connectivity index (χ0) is 17.3. The molecule has 0 bridgehead atoms. The van der Waals surface area contributed by atoms with Crippen molar-refractivity contribution in [2.45, 2.75) is 6.43 Å². The molecule has 0 saturated carbocycles. The number of fused-ring (bicyclic) bond motifs is 1. The second-order valence-corrected chi connectivity index (χ2v) is 5.07. The number of nitrogens with zero attached hydrogens (tertiary/aromatic N) is 3. The molecule has 0 spiro atoms.